The standard InChI is InChI=1S/C27H33ClN4O3.C2HF3O2/c1-30(16-17-35-2)26(33)13-15-31-14-5-6-22(31)19-32-27(34)24-8-4-3-7-23(24)25(29-32)18-20-9-11-21(28)12-10-20;3-2(4,5)1(6)7/h3-4,7-12,22H,5-6,13-19H2,1-2H3;(H,6,7)/t22-;/m1./s1. The molecule has 3 aromatic rings. The number of aliphatic carboxylic acids is 1. The number of hydrogen-bond acceptors (Lipinski definition) is 6. The highest BCUT2D eigenvalue weighted by molar-refractivity contribution is 6.30. The number of carboxylic acids is 1. The van der Waals surface area contributed by atoms with Gasteiger partial charge in [-0.15, -0.1) is 0 Å². The van der Waals surface area contributed by atoms with Gasteiger partial charge in [-0.1, -0.05) is 41.9 Å². The van der Waals surface area contributed by atoms with Gasteiger partial charge in [0.05, 0.1) is 24.2 Å². The Morgan fingerprint density at radius 2 is 1.79 bits per heavy atom. The minimum atomic E-state index is -5.08. The summed E-state index contributed by atoms with van der Waals surface area (Å²) < 4.78 is 38.4. The lowest BCUT2D eigenvalue weighted by molar-refractivity contribution is -0.192. The third kappa shape index (κ3) is 9.27. The topological polar surface area (TPSA) is 105 Å². The van der Waals surface area contributed by atoms with E-state index in [-0.39, 0.29) is 17.5 Å². The molecule has 1 N–H and O–H groups in total. The highest BCUT2D eigenvalue weighted by Crippen LogP contribution is 2.21. The summed E-state index contributed by atoms with van der Waals surface area (Å²) in [7, 11) is 3.44. The van der Waals surface area contributed by atoms with Gasteiger partial charge < -0.3 is 14.7 Å². The fraction of sp³-hybridized carbons (Fsp3) is 0.448. The molecule has 2 heterocycles. The summed E-state index contributed by atoms with van der Waals surface area (Å²) in [6.45, 7) is 3.25. The molecule has 4 rings (SSSR count). The van der Waals surface area contributed by atoms with E-state index in [2.05, 4.69) is 4.90 Å². The van der Waals surface area contributed by atoms with E-state index in [9.17, 15) is 22.8 Å². The zero-order valence-corrected chi connectivity index (χ0v) is 24.2. The van der Waals surface area contributed by atoms with Gasteiger partial charge in [0, 0.05) is 56.5 Å². The highest BCUT2D eigenvalue weighted by atomic mass is 35.5. The summed E-state index contributed by atoms with van der Waals surface area (Å²) in [4.78, 5) is 38.7. The lowest BCUT2D eigenvalue weighted by Crippen LogP contribution is -2.40. The van der Waals surface area contributed by atoms with Crippen LogP contribution >= 0.6 is 11.6 Å². The molecule has 9 nitrogen and oxygen atoms in total. The number of ether oxygens (including phenoxy) is 1. The monoisotopic (exact) mass is 610 g/mol. The number of alkyl halides is 3. The number of fused-ring (bicyclic) bond motifs is 1. The number of likely N-dealkylation sites (N-methyl/N-ethyl adjacent to an activating group) is 1. The van der Waals surface area contributed by atoms with E-state index in [1.807, 2.05) is 55.6 Å². The summed E-state index contributed by atoms with van der Waals surface area (Å²) in [5.74, 6) is -2.65. The van der Waals surface area contributed by atoms with Crippen LogP contribution in [-0.4, -0.2) is 89.2 Å². The zero-order valence-electron chi connectivity index (χ0n) is 23.4. The summed E-state index contributed by atoms with van der Waals surface area (Å²) in [5, 5.41) is 14.2. The Morgan fingerprint density at radius 1 is 1.14 bits per heavy atom. The molecule has 228 valence electrons. The van der Waals surface area contributed by atoms with Crippen molar-refractivity contribution < 1.29 is 32.6 Å². The van der Waals surface area contributed by atoms with Crippen molar-refractivity contribution in [1.29, 1.82) is 0 Å². The quantitative estimate of drug-likeness (QED) is 0.366. The van der Waals surface area contributed by atoms with Crippen LogP contribution in [0.25, 0.3) is 10.8 Å². The third-order valence-electron chi connectivity index (χ3n) is 7.02. The maximum Gasteiger partial charge on any atom is 0.490 e. The average molecular weight is 611 g/mol. The number of methoxy groups -OCH3 is 1. The molecule has 2 aromatic carbocycles. The Hall–Kier alpha value is -3.48. The van der Waals surface area contributed by atoms with E-state index in [0.29, 0.717) is 49.5 Å². The molecule has 1 atom stereocenters. The van der Waals surface area contributed by atoms with E-state index >= 15 is 0 Å². The Balaban J connectivity index is 0.000000616. The second kappa shape index (κ2) is 15.1. The maximum atomic E-state index is 13.3. The van der Waals surface area contributed by atoms with Gasteiger partial charge in [0.1, 0.15) is 0 Å². The first kappa shape index (κ1) is 33.0. The summed E-state index contributed by atoms with van der Waals surface area (Å²) >= 11 is 6.05. The number of likely N-dealkylation sites (tertiary alicyclic amines) is 1. The van der Waals surface area contributed by atoms with Gasteiger partial charge in [-0.3, -0.25) is 14.5 Å². The second-order valence-corrected chi connectivity index (χ2v) is 10.4. The minimum Gasteiger partial charge on any atom is -0.475 e. The molecule has 0 unspecified atom stereocenters. The molecule has 1 saturated heterocycles. The molecule has 1 aliphatic rings. The Bertz CT molecular complexity index is 1420. The molecule has 0 spiro atoms. The van der Waals surface area contributed by atoms with E-state index in [1.54, 1.807) is 16.7 Å². The number of benzene rings is 2. The largest absolute Gasteiger partial charge is 0.490 e. The molecule has 42 heavy (non-hydrogen) atoms. The Kier molecular flexibility index (Phi) is 11.9. The van der Waals surface area contributed by atoms with Crippen LogP contribution in [-0.2, 0) is 27.3 Å². The number of amides is 1. The first-order valence-electron chi connectivity index (χ1n) is 13.4. The molecule has 1 amide bonds. The van der Waals surface area contributed by atoms with E-state index in [0.717, 1.165) is 36.0 Å². The van der Waals surface area contributed by atoms with Crippen LogP contribution in [0.1, 0.15) is 30.5 Å². The number of rotatable bonds is 10. The number of halogens is 4. The predicted molar refractivity (Wildman–Crippen MR) is 153 cm³/mol. The van der Waals surface area contributed by atoms with Gasteiger partial charge in [-0.2, -0.15) is 18.3 Å². The van der Waals surface area contributed by atoms with Crippen LogP contribution in [0.3, 0.4) is 0 Å². The van der Waals surface area contributed by atoms with Crippen molar-refractivity contribution in [1.82, 2.24) is 19.6 Å². The molecule has 0 aliphatic carbocycles. The van der Waals surface area contributed by atoms with Crippen molar-refractivity contribution in [2.75, 3.05) is 40.4 Å². The van der Waals surface area contributed by atoms with Crippen LogP contribution in [0.15, 0.2) is 53.3 Å². The second-order valence-electron chi connectivity index (χ2n) is 9.98. The number of nitrogens with zero attached hydrogens (tertiary/aromatic N) is 4. The molecule has 1 fully saturated rings. The van der Waals surface area contributed by atoms with Crippen LogP contribution in [0, 0.1) is 0 Å². The minimum absolute atomic E-state index is 0.0670. The van der Waals surface area contributed by atoms with E-state index in [1.165, 1.54) is 0 Å². The van der Waals surface area contributed by atoms with Crippen LogP contribution in [0.2, 0.25) is 5.02 Å². The van der Waals surface area contributed by atoms with Crippen LogP contribution in [0.4, 0.5) is 13.2 Å². The molecule has 1 aromatic heterocycles. The molecule has 1 aliphatic heterocycles. The van der Waals surface area contributed by atoms with Crippen LogP contribution in [0.5, 0.6) is 0 Å². The lowest BCUT2D eigenvalue weighted by atomic mass is 10.0. The van der Waals surface area contributed by atoms with Gasteiger partial charge in [-0.05, 0) is 43.1 Å². The molecular weight excluding hydrogens is 577 g/mol. The lowest BCUT2D eigenvalue weighted by Gasteiger charge is -2.26. The number of hydrogen-bond donors (Lipinski definition) is 1. The number of carboxylic acid groups (broad SMARTS) is 1. The maximum absolute atomic E-state index is 13.3. The van der Waals surface area contributed by atoms with Gasteiger partial charge >= 0.3 is 12.1 Å². The SMILES string of the molecule is COCCN(C)C(=O)CCN1CCC[C@@H]1Cn1nc(Cc2ccc(Cl)cc2)c2ccccc2c1=O.O=C(O)C(F)(F)F. The first-order chi connectivity index (χ1) is 19.9. The molecule has 0 bridgehead atoms. The average Bonchev–Trinajstić information content (AvgIpc) is 3.40. The fourth-order valence-corrected chi connectivity index (χ4v) is 4.86. The van der Waals surface area contributed by atoms with Crippen LogP contribution < -0.4 is 5.56 Å². The van der Waals surface area contributed by atoms with Crippen molar-refractivity contribution in [3.63, 3.8) is 0 Å². The van der Waals surface area contributed by atoms with Gasteiger partial charge in [0.25, 0.3) is 5.56 Å². The van der Waals surface area contributed by atoms with Crippen molar-refractivity contribution >= 4 is 34.2 Å². The number of carbonyl (C=O) groups is 2. The third-order valence-corrected chi connectivity index (χ3v) is 7.28. The Labute approximate surface area is 246 Å². The van der Waals surface area contributed by atoms with Crippen molar-refractivity contribution in [2.45, 2.75) is 44.4 Å². The van der Waals surface area contributed by atoms with E-state index < -0.39 is 12.1 Å². The molecule has 0 radical (unpaired) electrons. The normalized spacial score (nSPS) is 15.3. The van der Waals surface area contributed by atoms with Crippen molar-refractivity contribution in [3.05, 3.63) is 75.2 Å². The number of carbonyl (C=O) groups excluding carboxylic acids is 1. The summed E-state index contributed by atoms with van der Waals surface area (Å²) in [6, 6.07) is 15.6. The molecule has 0 saturated carbocycles. The first-order valence-corrected chi connectivity index (χ1v) is 13.8. The number of aromatic nitrogens is 2. The molecule has 13 heteroatoms. The summed E-state index contributed by atoms with van der Waals surface area (Å²) in [5.41, 5.74) is 1.90. The smallest absolute Gasteiger partial charge is 0.475 e. The van der Waals surface area contributed by atoms with E-state index in [4.69, 9.17) is 31.3 Å². The van der Waals surface area contributed by atoms with Crippen molar-refractivity contribution in [3.8, 4) is 0 Å². The van der Waals surface area contributed by atoms with Gasteiger partial charge in [-0.25, -0.2) is 9.48 Å². The van der Waals surface area contributed by atoms with Gasteiger partial charge in [0.15, 0.2) is 0 Å². The predicted octanol–water partition coefficient (Wildman–Crippen LogP) is 4.23. The summed E-state index contributed by atoms with van der Waals surface area (Å²) in [6.07, 6.45) is -1.97. The van der Waals surface area contributed by atoms with Gasteiger partial charge in [0.2, 0.25) is 5.91 Å². The van der Waals surface area contributed by atoms with Crippen molar-refractivity contribution in [2.24, 2.45) is 0 Å². The Morgan fingerprint density at radius 3 is 2.40 bits per heavy atom. The zero-order chi connectivity index (χ0) is 30.9. The fourth-order valence-electron chi connectivity index (χ4n) is 4.73. The highest BCUT2D eigenvalue weighted by Gasteiger charge is 2.38. The molecular formula is C29H34ClF3N4O5.